The first-order valence-electron chi connectivity index (χ1n) is 15.7. The van der Waals surface area contributed by atoms with Gasteiger partial charge in [0.05, 0.1) is 17.7 Å². The SMILES string of the molecule is CC(CC1CCCCC1)C(=O)N1CC[C@](O)(Cn2cc(C(=O)N3CCCC3)c(-c3ccccc3)cc2=O)C(C)(C)C1. The molecule has 0 spiro atoms. The van der Waals surface area contributed by atoms with E-state index in [0.29, 0.717) is 49.6 Å². The third-order valence-electron chi connectivity index (χ3n) is 10.1. The van der Waals surface area contributed by atoms with E-state index in [1.54, 1.807) is 12.3 Å². The molecule has 2 amide bonds. The van der Waals surface area contributed by atoms with Crippen molar-refractivity contribution in [2.45, 2.75) is 90.7 Å². The molecule has 1 N–H and O–H groups in total. The number of hydrogen-bond donors (Lipinski definition) is 1. The van der Waals surface area contributed by atoms with Crippen LogP contribution >= 0.6 is 0 Å². The summed E-state index contributed by atoms with van der Waals surface area (Å²) in [4.78, 5) is 44.3. The lowest BCUT2D eigenvalue weighted by Gasteiger charge is -2.51. The number of aliphatic hydroxyl groups is 1. The van der Waals surface area contributed by atoms with Gasteiger partial charge in [-0.3, -0.25) is 14.4 Å². The first-order valence-corrected chi connectivity index (χ1v) is 15.7. The molecule has 1 saturated carbocycles. The van der Waals surface area contributed by atoms with Crippen LogP contribution in [0.1, 0.15) is 88.9 Å². The van der Waals surface area contributed by atoms with E-state index in [4.69, 9.17) is 0 Å². The Kier molecular flexibility index (Phi) is 8.74. The number of carbonyl (C=O) groups is 2. The summed E-state index contributed by atoms with van der Waals surface area (Å²) in [5, 5.41) is 12.0. The zero-order chi connectivity index (χ0) is 29.2. The zero-order valence-corrected chi connectivity index (χ0v) is 25.1. The topological polar surface area (TPSA) is 82.8 Å². The number of rotatable bonds is 7. The lowest BCUT2D eigenvalue weighted by atomic mass is 9.69. The van der Waals surface area contributed by atoms with Gasteiger partial charge in [0.25, 0.3) is 11.5 Å². The predicted molar refractivity (Wildman–Crippen MR) is 162 cm³/mol. The van der Waals surface area contributed by atoms with Gasteiger partial charge in [0.15, 0.2) is 0 Å². The van der Waals surface area contributed by atoms with Crippen LogP contribution in [-0.4, -0.2) is 63.1 Å². The molecule has 0 radical (unpaired) electrons. The third kappa shape index (κ3) is 6.30. The van der Waals surface area contributed by atoms with Crippen molar-refractivity contribution in [1.82, 2.24) is 14.4 Å². The number of benzene rings is 1. The summed E-state index contributed by atoms with van der Waals surface area (Å²) in [7, 11) is 0. The Hall–Kier alpha value is -2.93. The van der Waals surface area contributed by atoms with E-state index in [1.807, 2.05) is 54.0 Å². The first kappa shape index (κ1) is 29.6. The van der Waals surface area contributed by atoms with Crippen molar-refractivity contribution in [2.24, 2.45) is 17.3 Å². The second kappa shape index (κ2) is 12.1. The van der Waals surface area contributed by atoms with Crippen LogP contribution in [0.4, 0.5) is 0 Å². The molecule has 0 bridgehead atoms. The van der Waals surface area contributed by atoms with Gasteiger partial charge in [-0.25, -0.2) is 0 Å². The standard InChI is InChI=1S/C34H47N3O4/c1-25(20-26-12-6-4-7-13-26)31(39)36-19-16-34(41,33(2,3)23-36)24-37-22-29(32(40)35-17-10-11-18-35)28(21-30(37)38)27-14-8-5-9-15-27/h5,8-9,14-15,21-22,25-26,41H,4,6-7,10-13,16-20,23-24H2,1-3H3/t25?,34-/m0/s1. The Morgan fingerprint density at radius 1 is 0.976 bits per heavy atom. The van der Waals surface area contributed by atoms with E-state index in [0.717, 1.165) is 24.8 Å². The number of nitrogens with zero attached hydrogens (tertiary/aromatic N) is 3. The number of likely N-dealkylation sites (tertiary alicyclic amines) is 2. The molecule has 2 aliphatic heterocycles. The summed E-state index contributed by atoms with van der Waals surface area (Å²) in [6.07, 6.45) is 11.2. The van der Waals surface area contributed by atoms with Crippen LogP contribution in [-0.2, 0) is 11.3 Å². The van der Waals surface area contributed by atoms with Crippen LogP contribution < -0.4 is 5.56 Å². The Morgan fingerprint density at radius 2 is 1.66 bits per heavy atom. The van der Waals surface area contributed by atoms with Crippen molar-refractivity contribution >= 4 is 11.8 Å². The summed E-state index contributed by atoms with van der Waals surface area (Å²) < 4.78 is 1.51. The van der Waals surface area contributed by atoms with Gasteiger partial charge in [-0.15, -0.1) is 0 Å². The molecule has 41 heavy (non-hydrogen) atoms. The minimum absolute atomic E-state index is 0.0209. The summed E-state index contributed by atoms with van der Waals surface area (Å²) >= 11 is 0. The largest absolute Gasteiger partial charge is 0.387 e. The number of pyridine rings is 1. The lowest BCUT2D eigenvalue weighted by Crippen LogP contribution is -2.61. The van der Waals surface area contributed by atoms with Gasteiger partial charge in [0.2, 0.25) is 5.91 Å². The van der Waals surface area contributed by atoms with Crippen LogP contribution in [0.25, 0.3) is 11.1 Å². The van der Waals surface area contributed by atoms with E-state index < -0.39 is 11.0 Å². The Balaban J connectivity index is 1.36. The normalized spacial score (nSPS) is 23.9. The molecule has 2 atom stereocenters. The van der Waals surface area contributed by atoms with Crippen molar-refractivity contribution in [3.05, 3.63) is 58.5 Å². The number of piperidine rings is 1. The second-order valence-corrected chi connectivity index (χ2v) is 13.5. The van der Waals surface area contributed by atoms with Crippen LogP contribution in [0.15, 0.2) is 47.4 Å². The molecule has 2 saturated heterocycles. The highest BCUT2D eigenvalue weighted by atomic mass is 16.3. The predicted octanol–water partition coefficient (Wildman–Crippen LogP) is 5.35. The number of aromatic nitrogens is 1. The summed E-state index contributed by atoms with van der Waals surface area (Å²) in [6, 6.07) is 11.1. The molecule has 2 aromatic rings. The highest BCUT2D eigenvalue weighted by molar-refractivity contribution is 6.00. The van der Waals surface area contributed by atoms with E-state index >= 15 is 0 Å². The quantitative estimate of drug-likeness (QED) is 0.494. The highest BCUT2D eigenvalue weighted by Gasteiger charge is 2.49. The van der Waals surface area contributed by atoms with Crippen molar-refractivity contribution in [3.8, 4) is 11.1 Å². The molecule has 1 unspecified atom stereocenters. The van der Waals surface area contributed by atoms with E-state index in [1.165, 1.54) is 36.7 Å². The van der Waals surface area contributed by atoms with Crippen molar-refractivity contribution in [3.63, 3.8) is 0 Å². The Bertz CT molecular complexity index is 1290. The molecular formula is C34H47N3O4. The van der Waals surface area contributed by atoms with Crippen molar-refractivity contribution in [2.75, 3.05) is 26.2 Å². The van der Waals surface area contributed by atoms with Gasteiger partial charge in [-0.05, 0) is 37.2 Å². The van der Waals surface area contributed by atoms with E-state index in [2.05, 4.69) is 6.92 Å². The van der Waals surface area contributed by atoms with Gasteiger partial charge in [0.1, 0.15) is 0 Å². The third-order valence-corrected chi connectivity index (χ3v) is 10.1. The molecule has 7 nitrogen and oxygen atoms in total. The van der Waals surface area contributed by atoms with Gasteiger partial charge in [-0.1, -0.05) is 83.2 Å². The lowest BCUT2D eigenvalue weighted by molar-refractivity contribution is -0.157. The fraction of sp³-hybridized carbons (Fsp3) is 0.618. The highest BCUT2D eigenvalue weighted by Crippen LogP contribution is 2.41. The average molecular weight is 562 g/mol. The van der Waals surface area contributed by atoms with Gasteiger partial charge >= 0.3 is 0 Å². The zero-order valence-electron chi connectivity index (χ0n) is 25.1. The summed E-state index contributed by atoms with van der Waals surface area (Å²) in [5.74, 6) is 0.718. The van der Waals surface area contributed by atoms with E-state index in [-0.39, 0.29) is 29.8 Å². The van der Waals surface area contributed by atoms with Crippen LogP contribution in [0.5, 0.6) is 0 Å². The van der Waals surface area contributed by atoms with Gasteiger partial charge in [0, 0.05) is 55.3 Å². The molecule has 3 fully saturated rings. The molecule has 3 heterocycles. The molecule has 7 heteroatoms. The molecule has 1 aliphatic carbocycles. The average Bonchev–Trinajstić information content (AvgIpc) is 3.51. The molecule has 1 aromatic heterocycles. The maximum absolute atomic E-state index is 13.6. The summed E-state index contributed by atoms with van der Waals surface area (Å²) in [6.45, 7) is 8.43. The minimum atomic E-state index is -1.21. The van der Waals surface area contributed by atoms with Crippen molar-refractivity contribution in [1.29, 1.82) is 0 Å². The Morgan fingerprint density at radius 3 is 2.32 bits per heavy atom. The maximum Gasteiger partial charge on any atom is 0.255 e. The maximum atomic E-state index is 13.6. The first-order chi connectivity index (χ1) is 19.6. The fourth-order valence-corrected chi connectivity index (χ4v) is 7.27. The molecule has 222 valence electrons. The number of amides is 2. The van der Waals surface area contributed by atoms with Crippen molar-refractivity contribution < 1.29 is 14.7 Å². The number of hydrogen-bond acceptors (Lipinski definition) is 4. The fourth-order valence-electron chi connectivity index (χ4n) is 7.27. The number of carbonyl (C=O) groups excluding carboxylic acids is 2. The molecule has 1 aromatic carbocycles. The second-order valence-electron chi connectivity index (χ2n) is 13.5. The molecular weight excluding hydrogens is 514 g/mol. The molecule has 5 rings (SSSR count). The van der Waals surface area contributed by atoms with Crippen LogP contribution in [0, 0.1) is 17.3 Å². The van der Waals surface area contributed by atoms with E-state index in [9.17, 15) is 19.5 Å². The van der Waals surface area contributed by atoms with Crippen LogP contribution in [0.3, 0.4) is 0 Å². The van der Waals surface area contributed by atoms with Crippen LogP contribution in [0.2, 0.25) is 0 Å². The van der Waals surface area contributed by atoms with Gasteiger partial charge < -0.3 is 19.5 Å². The molecule has 3 aliphatic rings. The summed E-state index contributed by atoms with van der Waals surface area (Å²) in [5.41, 5.74) is -0.145. The van der Waals surface area contributed by atoms with Gasteiger partial charge in [-0.2, -0.15) is 0 Å². The minimum Gasteiger partial charge on any atom is -0.387 e. The smallest absolute Gasteiger partial charge is 0.255 e. The Labute approximate surface area is 244 Å². The monoisotopic (exact) mass is 561 g/mol.